The van der Waals surface area contributed by atoms with Crippen molar-refractivity contribution in [1.29, 1.82) is 0 Å². The topological polar surface area (TPSA) is 66.5 Å². The van der Waals surface area contributed by atoms with Crippen LogP contribution in [-0.4, -0.2) is 55.5 Å². The van der Waals surface area contributed by atoms with Crippen LogP contribution in [0.25, 0.3) is 0 Å². The minimum atomic E-state index is -3.37. The van der Waals surface area contributed by atoms with E-state index in [-0.39, 0.29) is 17.9 Å². The number of hydrogen-bond acceptors (Lipinski definition) is 4. The Balaban J connectivity index is 1.88. The Bertz CT molecular complexity index is 649. The average molecular weight is 411 g/mol. The lowest BCUT2D eigenvalue weighted by atomic mass is 10.2. The standard InChI is InChI=1S/C13H16BrFN2O3S2/c14-10-1-2-11(12(15)9-10)13(18)16-3-8-22(19,20)17-4-6-21-7-5-17/h1-2,9H,3-8H2,(H,16,18). The molecule has 1 aromatic rings. The highest BCUT2D eigenvalue weighted by Crippen LogP contribution is 2.15. The normalized spacial score (nSPS) is 16.5. The Morgan fingerprint density at radius 2 is 2.05 bits per heavy atom. The first kappa shape index (κ1) is 17.7. The first-order chi connectivity index (χ1) is 10.4. The zero-order valence-electron chi connectivity index (χ0n) is 11.7. The number of carbonyl (C=O) groups is 1. The number of nitrogens with zero attached hydrogens (tertiary/aromatic N) is 1. The number of amides is 1. The smallest absolute Gasteiger partial charge is 0.254 e. The van der Waals surface area contributed by atoms with E-state index >= 15 is 0 Å². The molecule has 22 heavy (non-hydrogen) atoms. The first-order valence-corrected chi connectivity index (χ1v) is 10.2. The van der Waals surface area contributed by atoms with Gasteiger partial charge in [-0.3, -0.25) is 4.79 Å². The maximum Gasteiger partial charge on any atom is 0.254 e. The van der Waals surface area contributed by atoms with Crippen LogP contribution in [0.3, 0.4) is 0 Å². The van der Waals surface area contributed by atoms with E-state index in [2.05, 4.69) is 21.2 Å². The average Bonchev–Trinajstić information content (AvgIpc) is 2.47. The fourth-order valence-electron chi connectivity index (χ4n) is 2.02. The summed E-state index contributed by atoms with van der Waals surface area (Å²) in [5, 5.41) is 2.45. The number of sulfonamides is 1. The second kappa shape index (κ2) is 7.76. The molecule has 1 N–H and O–H groups in total. The van der Waals surface area contributed by atoms with Gasteiger partial charge in [-0.05, 0) is 18.2 Å². The van der Waals surface area contributed by atoms with Gasteiger partial charge in [0, 0.05) is 35.6 Å². The third-order valence-corrected chi connectivity index (χ3v) is 6.49. The van der Waals surface area contributed by atoms with Gasteiger partial charge in [-0.15, -0.1) is 0 Å². The van der Waals surface area contributed by atoms with Crippen molar-refractivity contribution in [3.8, 4) is 0 Å². The summed E-state index contributed by atoms with van der Waals surface area (Å²) < 4.78 is 39.8. The van der Waals surface area contributed by atoms with Crippen LogP contribution in [0, 0.1) is 5.82 Å². The van der Waals surface area contributed by atoms with E-state index in [1.54, 1.807) is 17.8 Å². The van der Waals surface area contributed by atoms with Crippen LogP contribution in [0.15, 0.2) is 22.7 Å². The minimum Gasteiger partial charge on any atom is -0.351 e. The number of benzene rings is 1. The Labute approximate surface area is 141 Å². The van der Waals surface area contributed by atoms with Crippen molar-refractivity contribution in [1.82, 2.24) is 9.62 Å². The monoisotopic (exact) mass is 410 g/mol. The number of halogens is 2. The molecule has 1 aliphatic rings. The maximum absolute atomic E-state index is 13.6. The van der Waals surface area contributed by atoms with Crippen LogP contribution in [0.4, 0.5) is 4.39 Å². The van der Waals surface area contributed by atoms with Gasteiger partial charge in [-0.25, -0.2) is 17.1 Å². The summed E-state index contributed by atoms with van der Waals surface area (Å²) in [7, 11) is -3.37. The molecule has 0 radical (unpaired) electrons. The highest BCUT2D eigenvalue weighted by atomic mass is 79.9. The molecule has 0 saturated carbocycles. The molecule has 0 unspecified atom stereocenters. The van der Waals surface area contributed by atoms with Crippen LogP contribution in [0.1, 0.15) is 10.4 Å². The second-order valence-corrected chi connectivity index (χ2v) is 8.94. The van der Waals surface area contributed by atoms with Gasteiger partial charge < -0.3 is 5.32 Å². The first-order valence-electron chi connectivity index (χ1n) is 6.69. The molecule has 5 nitrogen and oxygen atoms in total. The molecule has 1 fully saturated rings. The zero-order valence-corrected chi connectivity index (χ0v) is 14.9. The molecule has 0 aliphatic carbocycles. The maximum atomic E-state index is 13.6. The Hall–Kier alpha value is -0.640. The number of thioether (sulfide) groups is 1. The summed E-state index contributed by atoms with van der Waals surface area (Å²) in [5.74, 6) is 0.129. The molecule has 1 heterocycles. The van der Waals surface area contributed by atoms with E-state index in [0.29, 0.717) is 17.6 Å². The van der Waals surface area contributed by atoms with Crippen molar-refractivity contribution < 1.29 is 17.6 Å². The molecule has 1 saturated heterocycles. The van der Waals surface area contributed by atoms with E-state index < -0.39 is 21.7 Å². The van der Waals surface area contributed by atoms with Gasteiger partial charge in [0.25, 0.3) is 5.91 Å². The van der Waals surface area contributed by atoms with Crippen molar-refractivity contribution in [2.75, 3.05) is 36.9 Å². The van der Waals surface area contributed by atoms with Crippen LogP contribution in [0.2, 0.25) is 0 Å². The number of rotatable bonds is 5. The molecular weight excluding hydrogens is 395 g/mol. The predicted octanol–water partition coefficient (Wildman–Crippen LogP) is 1.70. The molecular formula is C13H16BrFN2O3S2. The van der Waals surface area contributed by atoms with Gasteiger partial charge in [0.15, 0.2) is 0 Å². The van der Waals surface area contributed by atoms with Crippen molar-refractivity contribution in [3.05, 3.63) is 34.1 Å². The van der Waals surface area contributed by atoms with Crippen LogP contribution in [0.5, 0.6) is 0 Å². The summed E-state index contributed by atoms with van der Waals surface area (Å²) in [5.41, 5.74) is -0.102. The lowest BCUT2D eigenvalue weighted by Crippen LogP contribution is -2.42. The molecule has 122 valence electrons. The molecule has 2 rings (SSSR count). The molecule has 1 aromatic carbocycles. The Kier molecular flexibility index (Phi) is 6.25. The summed E-state index contributed by atoms with van der Waals surface area (Å²) >= 11 is 4.83. The molecule has 0 atom stereocenters. The van der Waals surface area contributed by atoms with Crippen molar-refractivity contribution in [2.24, 2.45) is 0 Å². The molecule has 1 aliphatic heterocycles. The van der Waals surface area contributed by atoms with Crippen molar-refractivity contribution in [3.63, 3.8) is 0 Å². The van der Waals surface area contributed by atoms with Gasteiger partial charge in [0.2, 0.25) is 10.0 Å². The number of nitrogens with one attached hydrogen (secondary N) is 1. The second-order valence-electron chi connectivity index (χ2n) is 4.71. The van der Waals surface area contributed by atoms with E-state index in [1.165, 1.54) is 16.4 Å². The number of hydrogen-bond donors (Lipinski definition) is 1. The molecule has 0 bridgehead atoms. The predicted molar refractivity (Wildman–Crippen MR) is 89.1 cm³/mol. The Morgan fingerprint density at radius 3 is 2.68 bits per heavy atom. The lowest BCUT2D eigenvalue weighted by molar-refractivity contribution is 0.0952. The summed E-state index contributed by atoms with van der Waals surface area (Å²) in [4.78, 5) is 11.9. The third-order valence-electron chi connectivity index (χ3n) is 3.18. The summed E-state index contributed by atoms with van der Waals surface area (Å²) in [6.45, 7) is 0.963. The highest BCUT2D eigenvalue weighted by molar-refractivity contribution is 9.10. The van der Waals surface area contributed by atoms with Gasteiger partial charge in [0.1, 0.15) is 5.82 Å². The van der Waals surface area contributed by atoms with Crippen LogP contribution in [-0.2, 0) is 10.0 Å². The van der Waals surface area contributed by atoms with Gasteiger partial charge in [-0.1, -0.05) is 15.9 Å². The molecule has 9 heteroatoms. The minimum absolute atomic E-state index is 0.0414. The SMILES string of the molecule is O=C(NCCS(=O)(=O)N1CCSCC1)c1ccc(Br)cc1F. The lowest BCUT2D eigenvalue weighted by Gasteiger charge is -2.25. The summed E-state index contributed by atoms with van der Waals surface area (Å²) in [6.07, 6.45) is 0. The van der Waals surface area contributed by atoms with Gasteiger partial charge in [-0.2, -0.15) is 11.8 Å². The molecule has 0 aromatic heterocycles. The fourth-order valence-corrected chi connectivity index (χ4v) is 4.84. The summed E-state index contributed by atoms with van der Waals surface area (Å²) in [6, 6.07) is 4.10. The van der Waals surface area contributed by atoms with Crippen LogP contribution >= 0.6 is 27.7 Å². The van der Waals surface area contributed by atoms with E-state index in [0.717, 1.165) is 11.5 Å². The number of carbonyl (C=O) groups excluding carboxylic acids is 1. The Morgan fingerprint density at radius 1 is 1.36 bits per heavy atom. The molecule has 0 spiro atoms. The van der Waals surface area contributed by atoms with Crippen molar-refractivity contribution >= 4 is 43.6 Å². The highest BCUT2D eigenvalue weighted by Gasteiger charge is 2.24. The van der Waals surface area contributed by atoms with Crippen molar-refractivity contribution in [2.45, 2.75) is 0 Å². The van der Waals surface area contributed by atoms with E-state index in [9.17, 15) is 17.6 Å². The van der Waals surface area contributed by atoms with Gasteiger partial charge in [0.05, 0.1) is 11.3 Å². The molecule has 1 amide bonds. The van der Waals surface area contributed by atoms with Gasteiger partial charge >= 0.3 is 0 Å². The zero-order chi connectivity index (χ0) is 16.2. The fraction of sp³-hybridized carbons (Fsp3) is 0.462. The quantitative estimate of drug-likeness (QED) is 0.801. The largest absolute Gasteiger partial charge is 0.351 e. The van der Waals surface area contributed by atoms with Crippen LogP contribution < -0.4 is 5.32 Å². The van der Waals surface area contributed by atoms with E-state index in [1.807, 2.05) is 0 Å². The third kappa shape index (κ3) is 4.68. The van der Waals surface area contributed by atoms with E-state index in [4.69, 9.17) is 0 Å².